The minimum Gasteiger partial charge on any atom is -0.342 e. The van der Waals surface area contributed by atoms with Crippen LogP contribution in [0.5, 0.6) is 0 Å². The van der Waals surface area contributed by atoms with Crippen molar-refractivity contribution < 1.29 is 0 Å². The van der Waals surface area contributed by atoms with Crippen LogP contribution in [0.2, 0.25) is 0 Å². The molecule has 1 aromatic heterocycles. The first-order valence-corrected chi connectivity index (χ1v) is 6.20. The maximum Gasteiger partial charge on any atom is 0.104 e. The number of imidazole rings is 1. The van der Waals surface area contributed by atoms with Gasteiger partial charge in [-0.25, -0.2) is 4.98 Å². The lowest BCUT2D eigenvalue weighted by atomic mass is 10.2. The number of nitrogens with zero attached hydrogens (tertiary/aromatic N) is 1. The molecule has 17 heavy (non-hydrogen) atoms. The van der Waals surface area contributed by atoms with Gasteiger partial charge in [0.15, 0.2) is 0 Å². The van der Waals surface area contributed by atoms with Gasteiger partial charge >= 0.3 is 0 Å². The minimum absolute atomic E-state index is 0.620. The standard InChI is InChI=1S/C13H18N4/c1-9-16-12-3-2-10(6-13(12)17-9)7-15-11-4-5-14-8-11/h2-3,6,11,14-15H,4-5,7-8H2,1H3,(H,16,17). The van der Waals surface area contributed by atoms with Crippen molar-refractivity contribution in [1.82, 2.24) is 20.6 Å². The fraction of sp³-hybridized carbons (Fsp3) is 0.462. The number of rotatable bonds is 3. The summed E-state index contributed by atoms with van der Waals surface area (Å²) in [5.41, 5.74) is 3.49. The van der Waals surface area contributed by atoms with E-state index in [1.54, 1.807) is 0 Å². The van der Waals surface area contributed by atoms with Gasteiger partial charge in [0.25, 0.3) is 0 Å². The second kappa shape index (κ2) is 4.47. The maximum atomic E-state index is 4.41. The van der Waals surface area contributed by atoms with Gasteiger partial charge in [0.2, 0.25) is 0 Å². The van der Waals surface area contributed by atoms with E-state index in [1.165, 1.54) is 12.0 Å². The van der Waals surface area contributed by atoms with Crippen molar-refractivity contribution in [2.45, 2.75) is 25.9 Å². The molecule has 1 aliphatic rings. The van der Waals surface area contributed by atoms with E-state index in [0.717, 1.165) is 36.5 Å². The Morgan fingerprint density at radius 1 is 1.47 bits per heavy atom. The molecule has 1 saturated heterocycles. The monoisotopic (exact) mass is 230 g/mol. The Kier molecular flexibility index (Phi) is 2.82. The maximum absolute atomic E-state index is 4.41. The third-order valence-corrected chi connectivity index (χ3v) is 3.32. The highest BCUT2D eigenvalue weighted by Crippen LogP contribution is 2.13. The van der Waals surface area contributed by atoms with Crippen LogP contribution in [0.4, 0.5) is 0 Å². The molecule has 0 aliphatic carbocycles. The van der Waals surface area contributed by atoms with Crippen LogP contribution in [0.3, 0.4) is 0 Å². The summed E-state index contributed by atoms with van der Waals surface area (Å²) in [6.45, 7) is 5.14. The van der Waals surface area contributed by atoms with Gasteiger partial charge in [-0.05, 0) is 37.6 Å². The predicted octanol–water partition coefficient (Wildman–Crippen LogP) is 1.32. The van der Waals surface area contributed by atoms with Crippen molar-refractivity contribution in [1.29, 1.82) is 0 Å². The van der Waals surface area contributed by atoms with Gasteiger partial charge in [0, 0.05) is 19.1 Å². The molecule has 0 spiro atoms. The molecule has 3 N–H and O–H groups in total. The van der Waals surface area contributed by atoms with Crippen molar-refractivity contribution >= 4 is 11.0 Å². The first-order chi connectivity index (χ1) is 8.31. The lowest BCUT2D eigenvalue weighted by molar-refractivity contribution is 0.547. The second-order valence-corrected chi connectivity index (χ2v) is 4.74. The molecule has 90 valence electrons. The number of aromatic nitrogens is 2. The van der Waals surface area contributed by atoms with Gasteiger partial charge in [-0.2, -0.15) is 0 Å². The summed E-state index contributed by atoms with van der Waals surface area (Å²) in [6.07, 6.45) is 1.23. The summed E-state index contributed by atoms with van der Waals surface area (Å²) in [4.78, 5) is 7.68. The summed E-state index contributed by atoms with van der Waals surface area (Å²) in [7, 11) is 0. The molecule has 4 heteroatoms. The van der Waals surface area contributed by atoms with Crippen molar-refractivity contribution in [3.63, 3.8) is 0 Å². The summed E-state index contributed by atoms with van der Waals surface area (Å²) in [5.74, 6) is 0.977. The van der Waals surface area contributed by atoms with E-state index in [9.17, 15) is 0 Å². The molecule has 1 aliphatic heterocycles. The zero-order chi connectivity index (χ0) is 11.7. The summed E-state index contributed by atoms with van der Waals surface area (Å²) >= 11 is 0. The highest BCUT2D eigenvalue weighted by atomic mass is 15.0. The number of fused-ring (bicyclic) bond motifs is 1. The van der Waals surface area contributed by atoms with E-state index >= 15 is 0 Å². The van der Waals surface area contributed by atoms with Crippen LogP contribution in [-0.4, -0.2) is 29.1 Å². The largest absolute Gasteiger partial charge is 0.342 e. The highest BCUT2D eigenvalue weighted by molar-refractivity contribution is 5.75. The molecular weight excluding hydrogens is 212 g/mol. The topological polar surface area (TPSA) is 52.7 Å². The van der Waals surface area contributed by atoms with Crippen molar-refractivity contribution in [2.24, 2.45) is 0 Å². The van der Waals surface area contributed by atoms with Crippen LogP contribution in [0.15, 0.2) is 18.2 Å². The lowest BCUT2D eigenvalue weighted by Crippen LogP contribution is -2.30. The number of hydrogen-bond acceptors (Lipinski definition) is 3. The van der Waals surface area contributed by atoms with Crippen molar-refractivity contribution in [2.75, 3.05) is 13.1 Å². The second-order valence-electron chi connectivity index (χ2n) is 4.74. The number of aryl methyl sites for hydroxylation is 1. The average Bonchev–Trinajstić information content (AvgIpc) is 2.92. The van der Waals surface area contributed by atoms with Gasteiger partial charge in [-0.1, -0.05) is 6.07 Å². The number of nitrogens with one attached hydrogen (secondary N) is 3. The molecule has 1 aromatic carbocycles. The van der Waals surface area contributed by atoms with E-state index in [2.05, 4.69) is 38.8 Å². The van der Waals surface area contributed by atoms with Crippen molar-refractivity contribution in [3.05, 3.63) is 29.6 Å². The van der Waals surface area contributed by atoms with E-state index in [0.29, 0.717) is 6.04 Å². The normalized spacial score (nSPS) is 20.2. The zero-order valence-electron chi connectivity index (χ0n) is 10.1. The summed E-state index contributed by atoms with van der Waals surface area (Å²) in [5, 5.41) is 6.94. The Bertz CT molecular complexity index is 511. The number of hydrogen-bond donors (Lipinski definition) is 3. The van der Waals surface area contributed by atoms with Crippen LogP contribution in [0.25, 0.3) is 11.0 Å². The molecule has 0 saturated carbocycles. The van der Waals surface area contributed by atoms with Crippen LogP contribution < -0.4 is 10.6 Å². The number of aromatic amines is 1. The molecule has 4 nitrogen and oxygen atoms in total. The third-order valence-electron chi connectivity index (χ3n) is 3.32. The van der Waals surface area contributed by atoms with Crippen LogP contribution in [0.1, 0.15) is 17.8 Å². The van der Waals surface area contributed by atoms with Gasteiger partial charge in [0.05, 0.1) is 11.0 Å². The third kappa shape index (κ3) is 2.33. The molecule has 0 radical (unpaired) electrons. The Hall–Kier alpha value is -1.39. The Balaban J connectivity index is 1.71. The molecule has 3 rings (SSSR count). The molecule has 1 fully saturated rings. The van der Waals surface area contributed by atoms with Crippen LogP contribution in [0, 0.1) is 6.92 Å². The smallest absolute Gasteiger partial charge is 0.104 e. The fourth-order valence-electron chi connectivity index (χ4n) is 2.39. The van der Waals surface area contributed by atoms with E-state index in [4.69, 9.17) is 0 Å². The molecule has 2 aromatic rings. The Morgan fingerprint density at radius 2 is 2.41 bits per heavy atom. The van der Waals surface area contributed by atoms with E-state index in [-0.39, 0.29) is 0 Å². The highest BCUT2D eigenvalue weighted by Gasteiger charge is 2.13. The lowest BCUT2D eigenvalue weighted by Gasteiger charge is -2.10. The first-order valence-electron chi connectivity index (χ1n) is 6.20. The van der Waals surface area contributed by atoms with E-state index < -0.39 is 0 Å². The zero-order valence-corrected chi connectivity index (χ0v) is 10.1. The Labute approximate surface area is 101 Å². The van der Waals surface area contributed by atoms with Crippen LogP contribution >= 0.6 is 0 Å². The molecule has 2 heterocycles. The fourth-order valence-corrected chi connectivity index (χ4v) is 2.39. The molecular formula is C13H18N4. The average molecular weight is 230 g/mol. The van der Waals surface area contributed by atoms with Gasteiger partial charge in [-0.3, -0.25) is 0 Å². The van der Waals surface area contributed by atoms with Crippen molar-refractivity contribution in [3.8, 4) is 0 Å². The van der Waals surface area contributed by atoms with Crippen LogP contribution in [-0.2, 0) is 6.54 Å². The Morgan fingerprint density at radius 3 is 3.24 bits per heavy atom. The number of H-pyrrole nitrogens is 1. The first kappa shape index (κ1) is 10.7. The van der Waals surface area contributed by atoms with Gasteiger partial charge in [-0.15, -0.1) is 0 Å². The molecule has 1 unspecified atom stereocenters. The van der Waals surface area contributed by atoms with E-state index in [1.807, 2.05) is 6.92 Å². The van der Waals surface area contributed by atoms with Gasteiger partial charge in [0.1, 0.15) is 5.82 Å². The molecule has 0 bridgehead atoms. The molecule has 0 amide bonds. The SMILES string of the molecule is Cc1nc2ccc(CNC3CCNC3)cc2[nH]1. The molecule has 1 atom stereocenters. The summed E-state index contributed by atoms with van der Waals surface area (Å²) < 4.78 is 0. The minimum atomic E-state index is 0.620. The quantitative estimate of drug-likeness (QED) is 0.745. The number of benzene rings is 1. The van der Waals surface area contributed by atoms with Gasteiger partial charge < -0.3 is 15.6 Å². The predicted molar refractivity (Wildman–Crippen MR) is 68.9 cm³/mol. The summed E-state index contributed by atoms with van der Waals surface area (Å²) in [6, 6.07) is 7.04.